The van der Waals surface area contributed by atoms with Gasteiger partial charge in [-0.05, 0) is 95.8 Å². The van der Waals surface area contributed by atoms with Crippen LogP contribution < -0.4 is 11.1 Å². The highest BCUT2D eigenvalue weighted by atomic mass is 19.1. The predicted octanol–water partition coefficient (Wildman–Crippen LogP) is 13.0. The van der Waals surface area contributed by atoms with Crippen LogP contribution in [0.3, 0.4) is 0 Å². The molecule has 0 aliphatic heterocycles. The molecule has 1 unspecified atom stereocenters. The van der Waals surface area contributed by atoms with Crippen molar-refractivity contribution in [1.82, 2.24) is 5.32 Å². The zero-order valence-electron chi connectivity index (χ0n) is 35.5. The number of nitrogens with one attached hydrogen (secondary N) is 1. The highest BCUT2D eigenvalue weighted by Crippen LogP contribution is 2.30. The molecule has 0 aliphatic carbocycles. The van der Waals surface area contributed by atoms with Crippen LogP contribution in [0.25, 0.3) is 0 Å². The second kappa shape index (κ2) is 50.9. The lowest BCUT2D eigenvalue weighted by Gasteiger charge is -2.16. The van der Waals surface area contributed by atoms with Gasteiger partial charge in [0.2, 0.25) is 0 Å². The molecular weight excluding hydrogens is 606 g/mol. The number of hydrogen-bond acceptors (Lipinski definition) is 5. The molecule has 288 valence electrons. The molecule has 0 radical (unpaired) electrons. The van der Waals surface area contributed by atoms with Crippen LogP contribution in [0.2, 0.25) is 0 Å². The van der Waals surface area contributed by atoms with E-state index >= 15 is 0 Å². The summed E-state index contributed by atoms with van der Waals surface area (Å²) in [6.45, 7) is 44.1. The van der Waals surface area contributed by atoms with Gasteiger partial charge in [0.1, 0.15) is 12.0 Å². The maximum atomic E-state index is 13.9. The molecule has 0 aromatic heterocycles. The van der Waals surface area contributed by atoms with E-state index in [-0.39, 0.29) is 11.7 Å². The van der Waals surface area contributed by atoms with Gasteiger partial charge in [0.15, 0.2) is 12.7 Å². The van der Waals surface area contributed by atoms with Gasteiger partial charge in [0.05, 0.1) is 0 Å². The van der Waals surface area contributed by atoms with Gasteiger partial charge in [-0.3, -0.25) is 0 Å². The Labute approximate surface area is 299 Å². The van der Waals surface area contributed by atoms with Crippen molar-refractivity contribution in [2.24, 2.45) is 5.73 Å². The number of hydrogen-bond donors (Lipinski definition) is 3. The molecule has 0 saturated heterocycles. The van der Waals surface area contributed by atoms with E-state index in [1.807, 2.05) is 117 Å². The standard InChI is InChI=1S/C18H26FNO2.C11H20FN.C2H6O.5C2H6/c1-7-10-16(18(20)22-11-21)14(6)12(4)13(5)15(8-2)17(19)9-3;1-6-9(4)11(7-10(5)12)13-8(2)3;1-3-2;5*1-2/h7,9-10,21H,4,6,8,11,20H2,1-3,5H3;6-8,10,13H,1-5H3;1-2H3;5*1-2H3/b10-7-,15-13-,17-9+,18-16-;9-6-,11-7+;;;;;;. The molecule has 0 heterocycles. The van der Waals surface area contributed by atoms with Crippen LogP contribution in [0.4, 0.5) is 8.78 Å². The zero-order chi connectivity index (χ0) is 40.4. The fraction of sp³-hybridized carbons (Fsp3) is 0.610. The minimum atomic E-state index is -0.906. The maximum absolute atomic E-state index is 13.9. The summed E-state index contributed by atoms with van der Waals surface area (Å²) >= 11 is 0. The largest absolute Gasteiger partial charge is 0.452 e. The van der Waals surface area contributed by atoms with Crippen molar-refractivity contribution in [2.45, 2.75) is 150 Å². The lowest BCUT2D eigenvalue weighted by Crippen LogP contribution is -2.23. The first-order valence-electron chi connectivity index (χ1n) is 17.7. The Morgan fingerprint density at radius 1 is 0.854 bits per heavy atom. The first-order valence-corrected chi connectivity index (χ1v) is 17.7. The second-order valence-corrected chi connectivity index (χ2v) is 8.54. The van der Waals surface area contributed by atoms with Crippen molar-refractivity contribution in [3.05, 3.63) is 94.4 Å². The Kier molecular flexibility index (Phi) is 67.6. The second-order valence-electron chi connectivity index (χ2n) is 8.54. The summed E-state index contributed by atoms with van der Waals surface area (Å²) in [4.78, 5) is 0. The van der Waals surface area contributed by atoms with Gasteiger partial charge < -0.3 is 25.6 Å². The van der Waals surface area contributed by atoms with E-state index in [0.717, 1.165) is 11.3 Å². The third-order valence-electron chi connectivity index (χ3n) is 5.01. The maximum Gasteiger partial charge on any atom is 0.194 e. The molecule has 1 atom stereocenters. The van der Waals surface area contributed by atoms with Gasteiger partial charge in [0.25, 0.3) is 0 Å². The van der Waals surface area contributed by atoms with Gasteiger partial charge in [-0.1, -0.05) is 114 Å². The monoisotopic (exact) mass is 689 g/mol. The van der Waals surface area contributed by atoms with Crippen LogP contribution >= 0.6 is 0 Å². The third-order valence-corrected chi connectivity index (χ3v) is 5.01. The molecule has 0 rings (SSSR count). The normalized spacial score (nSPS) is 12.1. The fourth-order valence-electron chi connectivity index (χ4n) is 2.99. The van der Waals surface area contributed by atoms with E-state index in [9.17, 15) is 8.78 Å². The molecule has 48 heavy (non-hydrogen) atoms. The van der Waals surface area contributed by atoms with Crippen molar-refractivity contribution in [1.29, 1.82) is 0 Å². The van der Waals surface area contributed by atoms with Gasteiger partial charge in [-0.2, -0.15) is 0 Å². The Hall–Kier alpha value is -2.90. The van der Waals surface area contributed by atoms with Crippen LogP contribution in [0.15, 0.2) is 94.4 Å². The summed E-state index contributed by atoms with van der Waals surface area (Å²) in [5.41, 5.74) is 10.7. The third kappa shape index (κ3) is 37.6. The van der Waals surface area contributed by atoms with Crippen LogP contribution in [-0.2, 0) is 9.47 Å². The molecule has 5 nitrogen and oxygen atoms in total. The van der Waals surface area contributed by atoms with Gasteiger partial charge in [-0.15, -0.1) is 0 Å². The van der Waals surface area contributed by atoms with E-state index in [1.165, 1.54) is 13.0 Å². The number of alkyl halides is 1. The summed E-state index contributed by atoms with van der Waals surface area (Å²) < 4.78 is 35.8. The Bertz CT molecular complexity index is 909. The smallest absolute Gasteiger partial charge is 0.194 e. The van der Waals surface area contributed by atoms with Gasteiger partial charge in [-0.25, -0.2) is 8.78 Å². The van der Waals surface area contributed by atoms with Gasteiger partial charge >= 0.3 is 0 Å². The zero-order valence-corrected chi connectivity index (χ0v) is 35.5. The first-order chi connectivity index (χ1) is 22.7. The van der Waals surface area contributed by atoms with Crippen molar-refractivity contribution < 1.29 is 23.4 Å². The number of allylic oxidation sites excluding steroid dienone is 12. The first kappa shape index (κ1) is 63.7. The molecule has 4 N–H and O–H groups in total. The van der Waals surface area contributed by atoms with Crippen LogP contribution in [0.5, 0.6) is 0 Å². The molecule has 0 fully saturated rings. The van der Waals surface area contributed by atoms with Crippen LogP contribution in [0.1, 0.15) is 138 Å². The van der Waals surface area contributed by atoms with Crippen molar-refractivity contribution >= 4 is 0 Å². The van der Waals surface area contributed by atoms with Crippen LogP contribution in [-0.4, -0.2) is 38.3 Å². The average molecular weight is 689 g/mol. The number of aliphatic hydroxyl groups is 1. The molecular formula is C41H82F2N2O3. The molecule has 0 spiro atoms. The van der Waals surface area contributed by atoms with Crippen molar-refractivity contribution in [3.63, 3.8) is 0 Å². The highest BCUT2D eigenvalue weighted by molar-refractivity contribution is 5.59. The summed E-state index contributed by atoms with van der Waals surface area (Å²) in [5, 5.41) is 12.1. The number of methoxy groups -OCH3 is 1. The topological polar surface area (TPSA) is 76.7 Å². The van der Waals surface area contributed by atoms with E-state index < -0.39 is 13.0 Å². The Morgan fingerprint density at radius 2 is 1.27 bits per heavy atom. The molecule has 0 aromatic carbocycles. The SMILES string of the molecule is C/C=C(C)\C(=C/C(C)F)NC(C)C.C=C(C(=C)C(/C=C\C)=C(/N)OCO)/C(C)=C(CC)\C(F)=C/C.CC.CC.CC.CC.CC.COC. The van der Waals surface area contributed by atoms with Crippen molar-refractivity contribution in [3.8, 4) is 0 Å². The fourth-order valence-corrected chi connectivity index (χ4v) is 2.99. The molecule has 7 heteroatoms. The molecule has 0 saturated carbocycles. The lowest BCUT2D eigenvalue weighted by atomic mass is 9.91. The number of rotatable bonds is 12. The number of ether oxygens (including phenoxy) is 2. The average Bonchev–Trinajstić information content (AvgIpc) is 3.10. The Balaban J connectivity index is -0.0000000869. The minimum absolute atomic E-state index is 0.0455. The van der Waals surface area contributed by atoms with Gasteiger partial charge in [0, 0.05) is 31.5 Å². The summed E-state index contributed by atoms with van der Waals surface area (Å²) in [6.07, 6.45) is 8.12. The predicted molar refractivity (Wildman–Crippen MR) is 216 cm³/mol. The number of halogens is 2. The molecule has 0 aromatic rings. The van der Waals surface area contributed by atoms with E-state index in [0.29, 0.717) is 40.3 Å². The molecule has 0 aliphatic rings. The van der Waals surface area contributed by atoms with Crippen LogP contribution in [0, 0.1) is 0 Å². The number of aliphatic hydroxyl groups excluding tert-OH is 1. The van der Waals surface area contributed by atoms with E-state index in [2.05, 4.69) is 23.2 Å². The van der Waals surface area contributed by atoms with Crippen molar-refractivity contribution in [2.75, 3.05) is 21.0 Å². The Morgan fingerprint density at radius 3 is 1.54 bits per heavy atom. The highest BCUT2D eigenvalue weighted by Gasteiger charge is 2.15. The minimum Gasteiger partial charge on any atom is -0.452 e. The van der Waals surface area contributed by atoms with E-state index in [4.69, 9.17) is 15.6 Å². The summed E-state index contributed by atoms with van der Waals surface area (Å²) in [5.74, 6) is -0.228. The van der Waals surface area contributed by atoms with E-state index in [1.54, 1.807) is 46.3 Å². The lowest BCUT2D eigenvalue weighted by molar-refractivity contribution is 0.0400. The molecule has 0 amide bonds. The number of nitrogens with two attached hydrogens (primary N) is 1. The summed E-state index contributed by atoms with van der Waals surface area (Å²) in [7, 11) is 3.25. The molecule has 0 bridgehead atoms. The quantitative estimate of drug-likeness (QED) is 0.108. The summed E-state index contributed by atoms with van der Waals surface area (Å²) in [6, 6.07) is 0.333.